The molecule has 3 aromatic heterocycles. The number of fused-ring (bicyclic) bond motifs is 3. The summed E-state index contributed by atoms with van der Waals surface area (Å²) in [5.41, 5.74) is 9.85. The van der Waals surface area contributed by atoms with Crippen LogP contribution in [-0.4, -0.2) is 37.8 Å². The number of hydrogen-bond donors (Lipinski definition) is 3. The molecule has 24 heavy (non-hydrogen) atoms. The molecule has 0 unspecified atom stereocenters. The van der Waals surface area contributed by atoms with Crippen molar-refractivity contribution in [1.82, 2.24) is 29.7 Å². The van der Waals surface area contributed by atoms with E-state index in [9.17, 15) is 0 Å². The monoisotopic (exact) mass is 339 g/mol. The van der Waals surface area contributed by atoms with E-state index in [1.807, 2.05) is 41.4 Å². The van der Waals surface area contributed by atoms with Gasteiger partial charge in [-0.3, -0.25) is 14.5 Å². The third-order valence-corrected chi connectivity index (χ3v) is 4.42. The molecule has 0 saturated carbocycles. The number of nitrogen functional groups attached to an aromatic ring is 1. The van der Waals surface area contributed by atoms with Crippen LogP contribution in [0.25, 0.3) is 33.1 Å². The van der Waals surface area contributed by atoms with Crippen molar-refractivity contribution in [3.05, 3.63) is 36.7 Å². The van der Waals surface area contributed by atoms with Gasteiger partial charge in [-0.2, -0.15) is 10.2 Å². The van der Waals surface area contributed by atoms with Gasteiger partial charge in [-0.15, -0.1) is 0 Å². The van der Waals surface area contributed by atoms with E-state index in [1.165, 1.54) is 0 Å². The van der Waals surface area contributed by atoms with Crippen molar-refractivity contribution in [2.75, 3.05) is 18.5 Å². The number of nitrogens with zero attached hydrogens (tertiary/aromatic N) is 4. The molecular weight excluding hydrogens is 322 g/mol. The van der Waals surface area contributed by atoms with Crippen LogP contribution in [0.2, 0.25) is 0 Å². The topological polar surface area (TPSA) is 97.4 Å². The molecule has 0 aliphatic heterocycles. The van der Waals surface area contributed by atoms with E-state index in [4.69, 9.17) is 10.8 Å². The average molecular weight is 339 g/mol. The van der Waals surface area contributed by atoms with Gasteiger partial charge in [-0.05, 0) is 24.5 Å². The van der Waals surface area contributed by atoms with Gasteiger partial charge < -0.3 is 5.73 Å². The molecule has 122 valence electrons. The van der Waals surface area contributed by atoms with Crippen molar-refractivity contribution in [2.24, 2.45) is 0 Å². The van der Waals surface area contributed by atoms with Crippen molar-refractivity contribution in [3.8, 4) is 11.3 Å². The van der Waals surface area contributed by atoms with Gasteiger partial charge in [0.15, 0.2) is 0 Å². The van der Waals surface area contributed by atoms with E-state index in [2.05, 4.69) is 19.9 Å². The van der Waals surface area contributed by atoms with Crippen molar-refractivity contribution in [1.29, 1.82) is 0 Å². The van der Waals surface area contributed by atoms with Crippen LogP contribution >= 0.6 is 11.9 Å². The molecular formula is C16H17N7S. The van der Waals surface area contributed by atoms with Crippen LogP contribution in [0.15, 0.2) is 36.7 Å². The highest BCUT2D eigenvalue weighted by Gasteiger charge is 2.12. The molecule has 0 radical (unpaired) electrons. The molecule has 4 N–H and O–H groups in total. The fourth-order valence-electron chi connectivity index (χ4n) is 2.78. The Hall–Kier alpha value is -2.58. The summed E-state index contributed by atoms with van der Waals surface area (Å²) in [4.78, 5) is 4.55. The largest absolute Gasteiger partial charge is 0.383 e. The van der Waals surface area contributed by atoms with Crippen molar-refractivity contribution < 1.29 is 0 Å². The van der Waals surface area contributed by atoms with E-state index >= 15 is 0 Å². The maximum atomic E-state index is 6.15. The van der Waals surface area contributed by atoms with E-state index < -0.39 is 0 Å². The summed E-state index contributed by atoms with van der Waals surface area (Å²) < 4.78 is 5.13. The molecule has 7 nitrogen and oxygen atoms in total. The number of pyridine rings is 1. The summed E-state index contributed by atoms with van der Waals surface area (Å²) in [6, 6.07) is 8.02. The third kappa shape index (κ3) is 2.59. The highest BCUT2D eigenvalue weighted by atomic mass is 32.2. The van der Waals surface area contributed by atoms with Gasteiger partial charge in [-0.25, -0.2) is 4.98 Å². The molecule has 4 rings (SSSR count). The molecule has 3 heterocycles. The van der Waals surface area contributed by atoms with Crippen molar-refractivity contribution in [2.45, 2.75) is 6.54 Å². The van der Waals surface area contributed by atoms with Gasteiger partial charge in [-0.1, -0.05) is 18.0 Å². The van der Waals surface area contributed by atoms with E-state index in [0.29, 0.717) is 5.82 Å². The molecule has 0 saturated heterocycles. The van der Waals surface area contributed by atoms with Crippen LogP contribution in [0.1, 0.15) is 0 Å². The zero-order valence-electron chi connectivity index (χ0n) is 13.2. The zero-order valence-corrected chi connectivity index (χ0v) is 14.0. The lowest BCUT2D eigenvalue weighted by molar-refractivity contribution is 0.619. The van der Waals surface area contributed by atoms with E-state index in [1.54, 1.807) is 18.1 Å². The fraction of sp³-hybridized carbons (Fsp3) is 0.188. The first-order chi connectivity index (χ1) is 11.8. The van der Waals surface area contributed by atoms with Crippen LogP contribution in [0, 0.1) is 0 Å². The second-order valence-electron chi connectivity index (χ2n) is 5.45. The number of anilines is 1. The van der Waals surface area contributed by atoms with Gasteiger partial charge in [0.05, 0.1) is 23.1 Å². The summed E-state index contributed by atoms with van der Waals surface area (Å²) in [5.74, 6) is 0.503. The first-order valence-electron chi connectivity index (χ1n) is 7.58. The molecule has 8 heteroatoms. The van der Waals surface area contributed by atoms with Gasteiger partial charge in [0, 0.05) is 29.9 Å². The molecule has 1 aromatic carbocycles. The van der Waals surface area contributed by atoms with E-state index in [-0.39, 0.29) is 0 Å². The van der Waals surface area contributed by atoms with Gasteiger partial charge in [0.25, 0.3) is 0 Å². The predicted octanol–water partition coefficient (Wildman–Crippen LogP) is 2.42. The van der Waals surface area contributed by atoms with Crippen molar-refractivity contribution in [3.63, 3.8) is 0 Å². The minimum Gasteiger partial charge on any atom is -0.383 e. The van der Waals surface area contributed by atoms with Crippen LogP contribution in [0.5, 0.6) is 0 Å². The van der Waals surface area contributed by atoms with Crippen molar-refractivity contribution >= 4 is 39.6 Å². The quantitative estimate of drug-likeness (QED) is 0.382. The Bertz CT molecular complexity index is 991. The number of benzene rings is 1. The number of aromatic nitrogens is 5. The Morgan fingerprint density at radius 3 is 3.00 bits per heavy atom. The van der Waals surface area contributed by atoms with Crippen LogP contribution in [-0.2, 0) is 6.54 Å². The second-order valence-corrected chi connectivity index (χ2v) is 6.15. The maximum absolute atomic E-state index is 6.15. The Morgan fingerprint density at radius 1 is 1.29 bits per heavy atom. The average Bonchev–Trinajstić information content (AvgIpc) is 3.25. The summed E-state index contributed by atoms with van der Waals surface area (Å²) in [7, 11) is 0. The molecule has 0 spiro atoms. The molecule has 0 aliphatic rings. The van der Waals surface area contributed by atoms with Crippen LogP contribution in [0.3, 0.4) is 0 Å². The summed E-state index contributed by atoms with van der Waals surface area (Å²) in [5, 5.41) is 13.5. The highest BCUT2D eigenvalue weighted by Crippen LogP contribution is 2.29. The third-order valence-electron chi connectivity index (χ3n) is 3.93. The maximum Gasteiger partial charge on any atom is 0.135 e. The molecule has 0 bridgehead atoms. The zero-order chi connectivity index (χ0) is 16.5. The molecule has 0 amide bonds. The Morgan fingerprint density at radius 2 is 2.21 bits per heavy atom. The first kappa shape index (κ1) is 15.0. The lowest BCUT2D eigenvalue weighted by atomic mass is 10.1. The molecule has 0 atom stereocenters. The number of rotatable bonds is 5. The number of nitrogens with two attached hydrogens (primary N) is 1. The molecule has 0 aliphatic carbocycles. The molecule has 4 aromatic rings. The minimum absolute atomic E-state index is 0.503. The standard InChI is InChI=1S/C16H17N7S/c1-24-19-6-7-23-9-12-15(22-23)11-3-2-10(13-4-5-18-21-13)8-14(11)20-16(12)17/h2-5,8-9,19H,6-7H2,1H3,(H2,17,20)(H,18,21). The number of hydrogen-bond acceptors (Lipinski definition) is 6. The van der Waals surface area contributed by atoms with Gasteiger partial charge >= 0.3 is 0 Å². The first-order valence-corrected chi connectivity index (χ1v) is 8.81. The number of aromatic amines is 1. The normalized spacial score (nSPS) is 11.5. The Balaban J connectivity index is 1.81. The van der Waals surface area contributed by atoms with Crippen LogP contribution < -0.4 is 10.5 Å². The van der Waals surface area contributed by atoms with Gasteiger partial charge in [0.1, 0.15) is 11.3 Å². The smallest absolute Gasteiger partial charge is 0.135 e. The predicted molar refractivity (Wildman–Crippen MR) is 98.5 cm³/mol. The summed E-state index contributed by atoms with van der Waals surface area (Å²) in [6.07, 6.45) is 5.70. The Kier molecular flexibility index (Phi) is 3.83. The van der Waals surface area contributed by atoms with E-state index in [0.717, 1.165) is 46.2 Å². The lowest BCUT2D eigenvalue weighted by Crippen LogP contribution is -2.12. The second kappa shape index (κ2) is 6.14. The summed E-state index contributed by atoms with van der Waals surface area (Å²) in [6.45, 7) is 1.62. The lowest BCUT2D eigenvalue weighted by Gasteiger charge is -2.03. The SMILES string of the molecule is CSNCCn1cc2c(N)nc3cc(-c4ccn[nH]4)ccc3c2n1. The number of H-pyrrole nitrogens is 1. The van der Waals surface area contributed by atoms with Crippen LogP contribution in [0.4, 0.5) is 5.82 Å². The summed E-state index contributed by atoms with van der Waals surface area (Å²) >= 11 is 1.60. The number of nitrogens with one attached hydrogen (secondary N) is 2. The molecule has 0 fully saturated rings. The van der Waals surface area contributed by atoms with Gasteiger partial charge in [0.2, 0.25) is 0 Å². The minimum atomic E-state index is 0.503. The fourth-order valence-corrected chi connectivity index (χ4v) is 3.08. The highest BCUT2D eigenvalue weighted by molar-refractivity contribution is 7.96. The Labute approximate surface area is 142 Å².